The summed E-state index contributed by atoms with van der Waals surface area (Å²) in [5, 5.41) is 7.99. The van der Waals surface area contributed by atoms with E-state index >= 15 is 0 Å². The molecule has 0 fully saturated rings. The van der Waals surface area contributed by atoms with E-state index in [1.165, 1.54) is 12.1 Å². The summed E-state index contributed by atoms with van der Waals surface area (Å²) in [6, 6.07) is 8.38. The minimum absolute atomic E-state index is 0.240. The lowest BCUT2D eigenvalue weighted by Gasteiger charge is -2.04. The van der Waals surface area contributed by atoms with Crippen LogP contribution in [-0.2, 0) is 6.42 Å². The van der Waals surface area contributed by atoms with Crippen molar-refractivity contribution >= 4 is 51.5 Å². The first-order chi connectivity index (χ1) is 13.0. The zero-order valence-corrected chi connectivity index (χ0v) is 16.2. The second kappa shape index (κ2) is 8.94. The third kappa shape index (κ3) is 5.26. The highest BCUT2D eigenvalue weighted by molar-refractivity contribution is 7.14. The number of nitrogens with one attached hydrogen (secondary N) is 2. The van der Waals surface area contributed by atoms with Crippen molar-refractivity contribution in [3.63, 3.8) is 0 Å². The molecule has 2 heterocycles. The summed E-state index contributed by atoms with van der Waals surface area (Å²) in [4.78, 5) is 32.6. The van der Waals surface area contributed by atoms with E-state index in [2.05, 4.69) is 20.6 Å². The Hall–Kier alpha value is -2.48. The fourth-order valence-electron chi connectivity index (χ4n) is 2.23. The molecule has 1 aromatic carbocycles. The molecule has 2 N–H and O–H groups in total. The molecule has 0 aliphatic rings. The summed E-state index contributed by atoms with van der Waals surface area (Å²) in [5.41, 5.74) is 1.55. The van der Waals surface area contributed by atoms with Crippen LogP contribution in [0.15, 0.2) is 48.1 Å². The Kier molecular flexibility index (Phi) is 6.39. The van der Waals surface area contributed by atoms with Crippen LogP contribution < -0.4 is 10.6 Å². The van der Waals surface area contributed by atoms with Crippen molar-refractivity contribution in [2.75, 3.05) is 11.9 Å². The van der Waals surface area contributed by atoms with Crippen LogP contribution in [0.4, 0.5) is 5.13 Å². The Morgan fingerprint density at radius 3 is 2.74 bits per heavy atom. The number of anilines is 1. The molecule has 0 saturated carbocycles. The molecule has 6 nitrogen and oxygen atoms in total. The SMILES string of the molecule is O=C(NCCc1cccnc1)c1csc(NC(=O)c2ccc(Cl)cc2Cl)n1. The number of hydrogen-bond acceptors (Lipinski definition) is 5. The Labute approximate surface area is 169 Å². The fraction of sp³-hybridized carbons (Fsp3) is 0.111. The number of pyridine rings is 1. The highest BCUT2D eigenvalue weighted by Crippen LogP contribution is 2.23. The molecule has 0 aliphatic carbocycles. The average Bonchev–Trinajstić information content (AvgIpc) is 3.11. The van der Waals surface area contributed by atoms with E-state index in [1.807, 2.05) is 12.1 Å². The lowest BCUT2D eigenvalue weighted by molar-refractivity contribution is 0.0948. The summed E-state index contributed by atoms with van der Waals surface area (Å²) >= 11 is 13.0. The van der Waals surface area contributed by atoms with Crippen molar-refractivity contribution in [1.29, 1.82) is 0 Å². The number of aromatic nitrogens is 2. The van der Waals surface area contributed by atoms with Crippen LogP contribution >= 0.6 is 34.5 Å². The van der Waals surface area contributed by atoms with Crippen LogP contribution in [0.3, 0.4) is 0 Å². The number of carbonyl (C=O) groups is 2. The lowest BCUT2D eigenvalue weighted by Crippen LogP contribution is -2.26. The van der Waals surface area contributed by atoms with Gasteiger partial charge >= 0.3 is 0 Å². The van der Waals surface area contributed by atoms with Crippen LogP contribution in [-0.4, -0.2) is 28.3 Å². The first kappa shape index (κ1) is 19.3. The lowest BCUT2D eigenvalue weighted by atomic mass is 10.2. The molecular weight excluding hydrogens is 407 g/mol. The maximum absolute atomic E-state index is 12.3. The van der Waals surface area contributed by atoms with Crippen molar-refractivity contribution in [3.8, 4) is 0 Å². The monoisotopic (exact) mass is 420 g/mol. The third-order valence-corrected chi connectivity index (χ3v) is 4.86. The molecule has 0 saturated heterocycles. The molecule has 2 amide bonds. The number of amides is 2. The van der Waals surface area contributed by atoms with E-state index in [-0.39, 0.29) is 22.2 Å². The molecule has 0 atom stereocenters. The summed E-state index contributed by atoms with van der Waals surface area (Å²) in [5.74, 6) is -0.727. The van der Waals surface area contributed by atoms with Gasteiger partial charge in [0.2, 0.25) is 0 Å². The minimum atomic E-state index is -0.422. The second-order valence-electron chi connectivity index (χ2n) is 5.48. The van der Waals surface area contributed by atoms with Crippen LogP contribution in [0.1, 0.15) is 26.4 Å². The van der Waals surface area contributed by atoms with Crippen LogP contribution in [0.2, 0.25) is 10.0 Å². The average molecular weight is 421 g/mol. The van der Waals surface area contributed by atoms with Gasteiger partial charge in [-0.1, -0.05) is 29.3 Å². The summed E-state index contributed by atoms with van der Waals surface area (Å²) in [6.07, 6.45) is 4.12. The molecule has 9 heteroatoms. The molecule has 0 spiro atoms. The highest BCUT2D eigenvalue weighted by Gasteiger charge is 2.15. The molecule has 0 radical (unpaired) electrons. The van der Waals surface area contributed by atoms with Gasteiger partial charge in [-0.2, -0.15) is 0 Å². The topological polar surface area (TPSA) is 84.0 Å². The number of carbonyl (C=O) groups excluding carboxylic acids is 2. The van der Waals surface area contributed by atoms with Crippen LogP contribution in [0.5, 0.6) is 0 Å². The number of benzene rings is 1. The van der Waals surface area contributed by atoms with E-state index in [0.29, 0.717) is 23.1 Å². The van der Waals surface area contributed by atoms with E-state index in [9.17, 15) is 9.59 Å². The van der Waals surface area contributed by atoms with Crippen molar-refractivity contribution in [2.45, 2.75) is 6.42 Å². The number of hydrogen-bond donors (Lipinski definition) is 2. The minimum Gasteiger partial charge on any atom is -0.350 e. The van der Waals surface area contributed by atoms with Gasteiger partial charge in [0.25, 0.3) is 11.8 Å². The molecule has 2 aromatic heterocycles. The zero-order chi connectivity index (χ0) is 19.2. The molecule has 0 unspecified atom stereocenters. The normalized spacial score (nSPS) is 10.4. The van der Waals surface area contributed by atoms with E-state index < -0.39 is 5.91 Å². The molecule has 0 aliphatic heterocycles. The van der Waals surface area contributed by atoms with Crippen molar-refractivity contribution in [3.05, 3.63) is 75.0 Å². The van der Waals surface area contributed by atoms with E-state index in [0.717, 1.165) is 16.9 Å². The van der Waals surface area contributed by atoms with Crippen LogP contribution in [0, 0.1) is 0 Å². The molecule has 27 heavy (non-hydrogen) atoms. The first-order valence-electron chi connectivity index (χ1n) is 7.92. The standard InChI is InChI=1S/C18H14Cl2N4O2S/c19-12-3-4-13(14(20)8-12)16(25)24-18-23-15(10-27-18)17(26)22-7-5-11-2-1-6-21-9-11/h1-4,6,8-10H,5,7H2,(H,22,26)(H,23,24,25). The second-order valence-corrected chi connectivity index (χ2v) is 7.19. The first-order valence-corrected chi connectivity index (χ1v) is 9.55. The Bertz CT molecular complexity index is 963. The Morgan fingerprint density at radius 2 is 2.00 bits per heavy atom. The van der Waals surface area contributed by atoms with Crippen molar-refractivity contribution in [2.24, 2.45) is 0 Å². The van der Waals surface area contributed by atoms with Gasteiger partial charge in [-0.15, -0.1) is 11.3 Å². The fourth-order valence-corrected chi connectivity index (χ4v) is 3.41. The quantitative estimate of drug-likeness (QED) is 0.629. The van der Waals surface area contributed by atoms with Crippen molar-refractivity contribution < 1.29 is 9.59 Å². The number of rotatable bonds is 6. The van der Waals surface area contributed by atoms with Gasteiger partial charge in [-0.3, -0.25) is 19.9 Å². The summed E-state index contributed by atoms with van der Waals surface area (Å²) in [6.45, 7) is 0.462. The molecule has 3 rings (SSSR count). The van der Waals surface area contributed by atoms with Gasteiger partial charge in [0, 0.05) is 29.3 Å². The maximum Gasteiger partial charge on any atom is 0.270 e. The van der Waals surface area contributed by atoms with Crippen LogP contribution in [0.25, 0.3) is 0 Å². The Balaban J connectivity index is 1.55. The predicted octanol–water partition coefficient (Wildman–Crippen LogP) is 4.07. The van der Waals surface area contributed by atoms with Crippen molar-refractivity contribution in [1.82, 2.24) is 15.3 Å². The van der Waals surface area contributed by atoms with E-state index in [4.69, 9.17) is 23.2 Å². The number of halogens is 2. The third-order valence-electron chi connectivity index (χ3n) is 3.56. The maximum atomic E-state index is 12.3. The number of thiazole rings is 1. The summed E-state index contributed by atoms with van der Waals surface area (Å²) < 4.78 is 0. The smallest absolute Gasteiger partial charge is 0.270 e. The van der Waals surface area contributed by atoms with Gasteiger partial charge in [0.1, 0.15) is 5.69 Å². The molecule has 138 valence electrons. The molecular formula is C18H14Cl2N4O2S. The molecule has 0 bridgehead atoms. The highest BCUT2D eigenvalue weighted by atomic mass is 35.5. The summed E-state index contributed by atoms with van der Waals surface area (Å²) in [7, 11) is 0. The van der Waals surface area contributed by atoms with Gasteiger partial charge in [-0.25, -0.2) is 4.98 Å². The Morgan fingerprint density at radius 1 is 1.15 bits per heavy atom. The van der Waals surface area contributed by atoms with Gasteiger partial charge in [0.05, 0.1) is 10.6 Å². The zero-order valence-electron chi connectivity index (χ0n) is 13.9. The largest absolute Gasteiger partial charge is 0.350 e. The molecule has 3 aromatic rings. The number of nitrogens with zero attached hydrogens (tertiary/aromatic N) is 2. The van der Waals surface area contributed by atoms with Gasteiger partial charge in [0.15, 0.2) is 5.13 Å². The van der Waals surface area contributed by atoms with E-state index in [1.54, 1.807) is 23.8 Å². The predicted molar refractivity (Wildman–Crippen MR) is 107 cm³/mol. The van der Waals surface area contributed by atoms with Gasteiger partial charge < -0.3 is 5.32 Å². The van der Waals surface area contributed by atoms with Gasteiger partial charge in [-0.05, 0) is 36.2 Å².